The third kappa shape index (κ3) is 4.06. The third-order valence-corrected chi connectivity index (χ3v) is 5.18. The van der Waals surface area contributed by atoms with Crippen LogP contribution in [0.3, 0.4) is 0 Å². The predicted molar refractivity (Wildman–Crippen MR) is 83.9 cm³/mol. The van der Waals surface area contributed by atoms with E-state index in [0.717, 1.165) is 12.8 Å². The molecule has 21 heavy (non-hydrogen) atoms. The fourth-order valence-electron chi connectivity index (χ4n) is 2.68. The van der Waals surface area contributed by atoms with Crippen LogP contribution in [0, 0.1) is 5.92 Å². The van der Waals surface area contributed by atoms with Gasteiger partial charge in [-0.3, -0.25) is 4.79 Å². The molecule has 0 aliphatic heterocycles. The molecule has 1 aromatic rings. The first kappa shape index (κ1) is 16.0. The lowest BCUT2D eigenvalue weighted by molar-refractivity contribution is -0.140. The minimum atomic E-state index is -0.978. The van der Waals surface area contributed by atoms with E-state index in [2.05, 4.69) is 5.32 Å². The molecule has 2 rings (SSSR count). The van der Waals surface area contributed by atoms with Crippen LogP contribution < -0.4 is 5.32 Å². The van der Waals surface area contributed by atoms with Crippen molar-refractivity contribution in [2.45, 2.75) is 58.4 Å². The van der Waals surface area contributed by atoms with Crippen molar-refractivity contribution in [3.8, 4) is 0 Å². The van der Waals surface area contributed by atoms with Gasteiger partial charge in [0.25, 0.3) is 5.91 Å². The maximum atomic E-state index is 12.3. The van der Waals surface area contributed by atoms with E-state index in [9.17, 15) is 9.59 Å². The van der Waals surface area contributed by atoms with Crippen LogP contribution in [0.2, 0.25) is 0 Å². The van der Waals surface area contributed by atoms with E-state index in [1.165, 1.54) is 47.5 Å². The molecule has 1 heterocycles. The highest BCUT2D eigenvalue weighted by atomic mass is 32.1. The first-order valence-corrected chi connectivity index (χ1v) is 8.46. The number of carboxylic acid groups (broad SMARTS) is 1. The van der Waals surface area contributed by atoms with Gasteiger partial charge >= 0.3 is 5.97 Å². The Morgan fingerprint density at radius 2 is 1.86 bits per heavy atom. The van der Waals surface area contributed by atoms with Crippen LogP contribution in [0.25, 0.3) is 0 Å². The zero-order chi connectivity index (χ0) is 15.4. The minimum Gasteiger partial charge on any atom is -0.480 e. The summed E-state index contributed by atoms with van der Waals surface area (Å²) in [6.07, 6.45) is 6.94. The molecule has 1 amide bonds. The molecule has 0 fully saturated rings. The van der Waals surface area contributed by atoms with Gasteiger partial charge in [0.2, 0.25) is 0 Å². The molecular weight excluding hydrogens is 286 g/mol. The van der Waals surface area contributed by atoms with Crippen LogP contribution in [0.1, 0.15) is 59.6 Å². The van der Waals surface area contributed by atoms with Gasteiger partial charge in [0.1, 0.15) is 6.04 Å². The number of carbonyl (C=O) groups is 2. The fourth-order valence-corrected chi connectivity index (χ4v) is 3.84. The Bertz CT molecular complexity index is 496. The van der Waals surface area contributed by atoms with Gasteiger partial charge in [0.05, 0.1) is 4.88 Å². The lowest BCUT2D eigenvalue weighted by Crippen LogP contribution is -2.44. The van der Waals surface area contributed by atoms with Gasteiger partial charge in [-0.25, -0.2) is 4.79 Å². The van der Waals surface area contributed by atoms with Crippen LogP contribution in [0.5, 0.6) is 0 Å². The van der Waals surface area contributed by atoms with Crippen molar-refractivity contribution in [2.75, 3.05) is 0 Å². The van der Waals surface area contributed by atoms with Crippen molar-refractivity contribution in [1.82, 2.24) is 5.32 Å². The topological polar surface area (TPSA) is 66.4 Å². The van der Waals surface area contributed by atoms with Crippen molar-refractivity contribution in [3.63, 3.8) is 0 Å². The average molecular weight is 309 g/mol. The average Bonchev–Trinajstić information content (AvgIpc) is 2.77. The Kier molecular flexibility index (Phi) is 5.39. The monoisotopic (exact) mass is 309 g/mol. The van der Waals surface area contributed by atoms with E-state index in [1.54, 1.807) is 13.8 Å². The summed E-state index contributed by atoms with van der Waals surface area (Å²) in [5.41, 5.74) is 1.28. The number of carbonyl (C=O) groups excluding carboxylic acids is 1. The summed E-state index contributed by atoms with van der Waals surface area (Å²) >= 11 is 1.53. The second kappa shape index (κ2) is 7.07. The summed E-state index contributed by atoms with van der Waals surface area (Å²) in [5.74, 6) is -1.37. The van der Waals surface area contributed by atoms with E-state index >= 15 is 0 Å². The largest absolute Gasteiger partial charge is 0.480 e. The normalized spacial score (nSPS) is 16.7. The molecule has 1 aliphatic rings. The van der Waals surface area contributed by atoms with Gasteiger partial charge in [0, 0.05) is 4.88 Å². The summed E-state index contributed by atoms with van der Waals surface area (Å²) < 4.78 is 0. The maximum Gasteiger partial charge on any atom is 0.326 e. The Balaban J connectivity index is 2.12. The van der Waals surface area contributed by atoms with E-state index < -0.39 is 12.0 Å². The van der Waals surface area contributed by atoms with Gasteiger partial charge in [0.15, 0.2) is 0 Å². The fraction of sp³-hybridized carbons (Fsp3) is 0.625. The molecule has 1 aliphatic carbocycles. The van der Waals surface area contributed by atoms with Crippen molar-refractivity contribution in [2.24, 2.45) is 5.92 Å². The lowest BCUT2D eigenvalue weighted by atomic mass is 9.99. The number of carboxylic acids is 1. The van der Waals surface area contributed by atoms with Gasteiger partial charge in [-0.05, 0) is 43.2 Å². The molecule has 0 aromatic carbocycles. The number of aryl methyl sites for hydroxylation is 2. The number of thiophene rings is 1. The smallest absolute Gasteiger partial charge is 0.326 e. The summed E-state index contributed by atoms with van der Waals surface area (Å²) in [5, 5.41) is 11.8. The SMILES string of the molecule is CC(C)[C@H](NC(=O)c1cc2c(s1)CCCCCC2)C(=O)O. The van der Waals surface area contributed by atoms with Gasteiger partial charge < -0.3 is 10.4 Å². The molecule has 1 aromatic heterocycles. The third-order valence-electron chi connectivity index (χ3n) is 3.94. The van der Waals surface area contributed by atoms with Crippen LogP contribution >= 0.6 is 11.3 Å². The van der Waals surface area contributed by atoms with E-state index in [0.29, 0.717) is 4.88 Å². The van der Waals surface area contributed by atoms with Crippen molar-refractivity contribution < 1.29 is 14.7 Å². The molecule has 0 spiro atoms. The standard InChI is InChI=1S/C16H23NO3S/c1-10(2)14(16(19)20)17-15(18)13-9-11-7-5-3-4-6-8-12(11)21-13/h9-10,14H,3-8H2,1-2H3,(H,17,18)(H,19,20)/t14-/m0/s1. The zero-order valence-corrected chi connectivity index (χ0v) is 13.5. The minimum absolute atomic E-state index is 0.132. The Hall–Kier alpha value is -1.36. The number of aliphatic carboxylic acids is 1. The van der Waals surface area contributed by atoms with Crippen LogP contribution in [0.15, 0.2) is 6.07 Å². The lowest BCUT2D eigenvalue weighted by Gasteiger charge is -2.17. The second-order valence-corrected chi connectivity index (χ2v) is 7.14. The molecule has 1 atom stereocenters. The van der Waals surface area contributed by atoms with Gasteiger partial charge in [-0.15, -0.1) is 11.3 Å². The number of amides is 1. The molecule has 2 N–H and O–H groups in total. The number of hydrogen-bond acceptors (Lipinski definition) is 3. The van der Waals surface area contributed by atoms with Crippen molar-refractivity contribution >= 4 is 23.2 Å². The highest BCUT2D eigenvalue weighted by Crippen LogP contribution is 2.28. The highest BCUT2D eigenvalue weighted by Gasteiger charge is 2.25. The highest BCUT2D eigenvalue weighted by molar-refractivity contribution is 7.14. The van der Waals surface area contributed by atoms with Crippen LogP contribution in [-0.2, 0) is 17.6 Å². The number of rotatable bonds is 4. The molecule has 0 saturated carbocycles. The number of fused-ring (bicyclic) bond motifs is 1. The Morgan fingerprint density at radius 3 is 2.48 bits per heavy atom. The molecule has 116 valence electrons. The molecule has 0 bridgehead atoms. The molecule has 0 unspecified atom stereocenters. The quantitative estimate of drug-likeness (QED) is 0.897. The van der Waals surface area contributed by atoms with E-state index in [1.807, 2.05) is 6.07 Å². The van der Waals surface area contributed by atoms with Gasteiger partial charge in [-0.1, -0.05) is 26.7 Å². The predicted octanol–water partition coefficient (Wildman–Crippen LogP) is 3.25. The molecule has 0 saturated heterocycles. The van der Waals surface area contributed by atoms with Crippen molar-refractivity contribution in [1.29, 1.82) is 0 Å². The zero-order valence-electron chi connectivity index (χ0n) is 12.6. The van der Waals surface area contributed by atoms with E-state index in [4.69, 9.17) is 5.11 Å². The molecule has 5 heteroatoms. The Morgan fingerprint density at radius 1 is 1.19 bits per heavy atom. The molecular formula is C16H23NO3S. The molecule has 4 nitrogen and oxygen atoms in total. The first-order chi connectivity index (χ1) is 9.99. The number of nitrogens with one attached hydrogen (secondary N) is 1. The summed E-state index contributed by atoms with van der Waals surface area (Å²) in [6, 6.07) is 1.13. The summed E-state index contributed by atoms with van der Waals surface area (Å²) in [6.45, 7) is 3.60. The van der Waals surface area contributed by atoms with Gasteiger partial charge in [-0.2, -0.15) is 0 Å². The van der Waals surface area contributed by atoms with Crippen LogP contribution in [0.4, 0.5) is 0 Å². The van der Waals surface area contributed by atoms with Crippen LogP contribution in [-0.4, -0.2) is 23.0 Å². The van der Waals surface area contributed by atoms with Crippen molar-refractivity contribution in [3.05, 3.63) is 21.4 Å². The van der Waals surface area contributed by atoms with E-state index in [-0.39, 0.29) is 11.8 Å². The maximum absolute atomic E-state index is 12.3. The number of hydrogen-bond donors (Lipinski definition) is 2. The Labute approximate surface area is 129 Å². The molecule has 0 radical (unpaired) electrons. The summed E-state index contributed by atoms with van der Waals surface area (Å²) in [4.78, 5) is 25.4. The first-order valence-electron chi connectivity index (χ1n) is 7.64. The summed E-state index contributed by atoms with van der Waals surface area (Å²) in [7, 11) is 0. The second-order valence-electron chi connectivity index (χ2n) is 6.01.